The van der Waals surface area contributed by atoms with Crippen LogP contribution in [0.4, 0.5) is 19.1 Å². The van der Waals surface area contributed by atoms with Gasteiger partial charge in [0.1, 0.15) is 0 Å². The topological polar surface area (TPSA) is 95.9 Å². The Kier molecular flexibility index (Phi) is 5.45. The van der Waals surface area contributed by atoms with E-state index in [1.807, 2.05) is 0 Å². The molecule has 2 rings (SSSR count). The van der Waals surface area contributed by atoms with Gasteiger partial charge in [-0.25, -0.2) is 9.97 Å². The Bertz CT molecular complexity index is 576. The molecule has 1 fully saturated rings. The van der Waals surface area contributed by atoms with Crippen molar-refractivity contribution >= 4 is 20.1 Å². The summed E-state index contributed by atoms with van der Waals surface area (Å²) in [4.78, 5) is 30.6. The van der Waals surface area contributed by atoms with E-state index in [9.17, 15) is 22.5 Å². The fraction of sp³-hybridized carbons (Fsp3) is 0.545. The molecule has 23 heavy (non-hydrogen) atoms. The molecule has 1 atom stereocenters. The van der Waals surface area contributed by atoms with Crippen molar-refractivity contribution in [2.75, 3.05) is 37.7 Å². The quantitative estimate of drug-likeness (QED) is 0.800. The Morgan fingerprint density at radius 1 is 1.26 bits per heavy atom. The minimum atomic E-state index is -4.49. The van der Waals surface area contributed by atoms with Gasteiger partial charge in [-0.1, -0.05) is 0 Å². The molecular formula is C11H13F3N4O4P+. The lowest BCUT2D eigenvalue weighted by Crippen LogP contribution is -2.50. The lowest BCUT2D eigenvalue weighted by atomic mass is 10.3. The van der Waals surface area contributed by atoms with Gasteiger partial charge in [0, 0.05) is 43.1 Å². The zero-order valence-corrected chi connectivity index (χ0v) is 12.6. The van der Waals surface area contributed by atoms with E-state index in [4.69, 9.17) is 4.89 Å². The molecule has 0 aliphatic carbocycles. The molecule has 0 radical (unpaired) electrons. The number of rotatable bonds is 4. The second kappa shape index (κ2) is 7.16. The highest BCUT2D eigenvalue weighted by Crippen LogP contribution is 2.28. The number of anilines is 1. The van der Waals surface area contributed by atoms with E-state index in [1.54, 1.807) is 4.90 Å². The second-order valence-corrected chi connectivity index (χ2v) is 5.38. The van der Waals surface area contributed by atoms with Crippen LogP contribution >= 0.6 is 8.25 Å². The van der Waals surface area contributed by atoms with Crippen molar-refractivity contribution in [1.82, 2.24) is 14.9 Å². The Balaban J connectivity index is 1.89. The highest BCUT2D eigenvalue weighted by atomic mass is 31.1. The predicted molar refractivity (Wildman–Crippen MR) is 71.6 cm³/mol. The van der Waals surface area contributed by atoms with Crippen molar-refractivity contribution in [1.29, 1.82) is 0 Å². The summed E-state index contributed by atoms with van der Waals surface area (Å²) in [6.45, 7) is 0.747. The average molecular weight is 353 g/mol. The molecule has 2 heterocycles. The van der Waals surface area contributed by atoms with E-state index in [-0.39, 0.29) is 19.0 Å². The predicted octanol–water partition coefficient (Wildman–Crippen LogP) is 0.810. The highest BCUT2D eigenvalue weighted by Gasteiger charge is 2.32. The number of nitrogens with zero attached hydrogens (tertiary/aromatic N) is 4. The lowest BCUT2D eigenvalue weighted by Gasteiger charge is -2.34. The van der Waals surface area contributed by atoms with Gasteiger partial charge in [0.2, 0.25) is 5.95 Å². The zero-order chi connectivity index (χ0) is 17.0. The summed E-state index contributed by atoms with van der Waals surface area (Å²) in [5, 5.41) is 0. The van der Waals surface area contributed by atoms with Crippen LogP contribution in [0.5, 0.6) is 0 Å². The maximum absolute atomic E-state index is 12.4. The first-order chi connectivity index (χ1) is 10.8. The smallest absolute Gasteiger partial charge is 0.337 e. The van der Waals surface area contributed by atoms with Gasteiger partial charge in [-0.3, -0.25) is 4.79 Å². The fourth-order valence-corrected chi connectivity index (χ4v) is 2.21. The van der Waals surface area contributed by atoms with Crippen LogP contribution < -0.4 is 4.90 Å². The number of carbonyl (C=O) groups excluding carboxylic acids is 1. The molecule has 1 aromatic heterocycles. The minimum Gasteiger partial charge on any atom is -0.337 e. The van der Waals surface area contributed by atoms with Gasteiger partial charge in [0.25, 0.3) is 5.91 Å². The molecule has 1 aromatic rings. The molecule has 0 saturated carbocycles. The zero-order valence-electron chi connectivity index (χ0n) is 11.7. The van der Waals surface area contributed by atoms with Crippen molar-refractivity contribution in [2.45, 2.75) is 6.18 Å². The Hall–Kier alpha value is -1.84. The Labute approximate surface area is 129 Å². The van der Waals surface area contributed by atoms with E-state index in [2.05, 4.69) is 14.5 Å². The van der Waals surface area contributed by atoms with E-state index in [1.165, 1.54) is 4.90 Å². The Morgan fingerprint density at radius 2 is 1.83 bits per heavy atom. The van der Waals surface area contributed by atoms with Gasteiger partial charge in [-0.2, -0.15) is 13.2 Å². The maximum Gasteiger partial charge on any atom is 0.695 e. The number of amides is 1. The molecular weight excluding hydrogens is 340 g/mol. The fourth-order valence-electron chi connectivity index (χ4n) is 1.99. The van der Waals surface area contributed by atoms with E-state index < -0.39 is 32.5 Å². The van der Waals surface area contributed by atoms with Gasteiger partial charge in [-0.05, 0) is 0 Å². The lowest BCUT2D eigenvalue weighted by molar-refractivity contribution is -0.138. The number of carbonyl (C=O) groups is 1. The van der Waals surface area contributed by atoms with Gasteiger partial charge in [0.05, 0.1) is 5.56 Å². The van der Waals surface area contributed by atoms with Crippen LogP contribution in [-0.2, 0) is 20.1 Å². The molecule has 1 saturated heterocycles. The molecule has 1 amide bonds. The molecule has 8 nitrogen and oxygen atoms in total. The summed E-state index contributed by atoms with van der Waals surface area (Å²) in [5.74, 6) is -0.282. The maximum atomic E-state index is 12.4. The third-order valence-corrected chi connectivity index (χ3v) is 3.53. The monoisotopic (exact) mass is 353 g/mol. The summed E-state index contributed by atoms with van der Waals surface area (Å²) in [6.07, 6.45) is -3.06. The third kappa shape index (κ3) is 4.81. The molecule has 0 bridgehead atoms. The van der Waals surface area contributed by atoms with Crippen LogP contribution in [0.2, 0.25) is 0 Å². The van der Waals surface area contributed by atoms with Crippen molar-refractivity contribution in [2.24, 2.45) is 0 Å². The standard InChI is InChI=1S/C11H12F3N4O4P/c12-11(13,14)8-5-15-10(16-6-8)18-3-1-17(2-4-18)9(19)7-22-23(20)21/h5-6H,1-4,7H2/p+1. The number of hydrogen-bond donors (Lipinski definition) is 1. The number of halogens is 3. The van der Waals surface area contributed by atoms with Crippen LogP contribution in [0, 0.1) is 0 Å². The van der Waals surface area contributed by atoms with Gasteiger partial charge in [0.15, 0.2) is 6.61 Å². The summed E-state index contributed by atoms with van der Waals surface area (Å²) >= 11 is 0. The molecule has 12 heteroatoms. The number of hydrogen-bond acceptors (Lipinski definition) is 6. The van der Waals surface area contributed by atoms with Crippen LogP contribution in [0.15, 0.2) is 12.4 Å². The van der Waals surface area contributed by atoms with Crippen molar-refractivity contribution in [3.8, 4) is 0 Å². The number of aromatic nitrogens is 2. The summed E-state index contributed by atoms with van der Waals surface area (Å²) in [6, 6.07) is 0. The SMILES string of the molecule is O=C(CO[P+](=O)O)N1CCN(c2ncc(C(F)(F)F)cn2)CC1. The highest BCUT2D eigenvalue weighted by molar-refractivity contribution is 7.32. The van der Waals surface area contributed by atoms with Crippen LogP contribution in [-0.4, -0.2) is 58.5 Å². The summed E-state index contributed by atoms with van der Waals surface area (Å²) in [7, 11) is -2.83. The van der Waals surface area contributed by atoms with E-state index in [0.717, 1.165) is 0 Å². The average Bonchev–Trinajstić information content (AvgIpc) is 2.52. The molecule has 0 aromatic carbocycles. The largest absolute Gasteiger partial charge is 0.695 e. The normalized spacial score (nSPS) is 16.4. The van der Waals surface area contributed by atoms with Crippen LogP contribution in [0.25, 0.3) is 0 Å². The van der Waals surface area contributed by atoms with Crippen molar-refractivity contribution in [3.05, 3.63) is 18.0 Å². The molecule has 1 aliphatic rings. The molecule has 126 valence electrons. The van der Waals surface area contributed by atoms with Crippen molar-refractivity contribution in [3.63, 3.8) is 0 Å². The number of alkyl halides is 3. The molecule has 0 spiro atoms. The summed E-state index contributed by atoms with van der Waals surface area (Å²) < 4.78 is 52.0. The van der Waals surface area contributed by atoms with Gasteiger partial charge in [-0.15, -0.1) is 9.42 Å². The minimum absolute atomic E-state index is 0.153. The molecule has 1 N–H and O–H groups in total. The first-order valence-corrected chi connectivity index (χ1v) is 7.61. The van der Waals surface area contributed by atoms with E-state index in [0.29, 0.717) is 25.5 Å². The van der Waals surface area contributed by atoms with Crippen LogP contribution in [0.3, 0.4) is 0 Å². The van der Waals surface area contributed by atoms with Gasteiger partial charge < -0.3 is 9.80 Å². The van der Waals surface area contributed by atoms with E-state index >= 15 is 0 Å². The summed E-state index contributed by atoms with van der Waals surface area (Å²) in [5.41, 5.74) is -0.926. The molecule has 1 unspecified atom stereocenters. The van der Waals surface area contributed by atoms with Gasteiger partial charge >= 0.3 is 14.4 Å². The molecule has 1 aliphatic heterocycles. The third-order valence-electron chi connectivity index (χ3n) is 3.18. The van der Waals surface area contributed by atoms with Crippen molar-refractivity contribution < 1.29 is 31.9 Å². The Morgan fingerprint density at radius 3 is 2.30 bits per heavy atom. The van der Waals surface area contributed by atoms with Crippen LogP contribution in [0.1, 0.15) is 5.56 Å². The number of piperazine rings is 1. The second-order valence-electron chi connectivity index (χ2n) is 4.65. The first kappa shape index (κ1) is 17.5. The first-order valence-electron chi connectivity index (χ1n) is 6.48.